The maximum atomic E-state index is 12.0. The molecule has 0 spiro atoms. The van der Waals surface area contributed by atoms with E-state index >= 15 is 0 Å². The van der Waals surface area contributed by atoms with Crippen LogP contribution in [0.5, 0.6) is 0 Å². The highest BCUT2D eigenvalue weighted by molar-refractivity contribution is 5.76. The van der Waals surface area contributed by atoms with Crippen LogP contribution < -0.4 is 4.90 Å². The van der Waals surface area contributed by atoms with Crippen molar-refractivity contribution >= 4 is 11.6 Å². The second-order valence-electron chi connectivity index (χ2n) is 5.54. The van der Waals surface area contributed by atoms with Crippen molar-refractivity contribution in [2.45, 2.75) is 32.8 Å². The molecule has 4 heteroatoms. The number of rotatable bonds is 4. The summed E-state index contributed by atoms with van der Waals surface area (Å²) in [7, 11) is 0. The summed E-state index contributed by atoms with van der Waals surface area (Å²) in [5.74, 6) is 0.162. The van der Waals surface area contributed by atoms with E-state index in [1.165, 1.54) is 11.3 Å². The predicted octanol–water partition coefficient (Wildman–Crippen LogP) is 1.80. The molecule has 2 rings (SSSR count). The third kappa shape index (κ3) is 3.73. The largest absolute Gasteiger partial charge is 0.393 e. The molecule has 1 aliphatic rings. The van der Waals surface area contributed by atoms with Crippen LogP contribution in [0.25, 0.3) is 0 Å². The highest BCUT2D eigenvalue weighted by atomic mass is 16.3. The summed E-state index contributed by atoms with van der Waals surface area (Å²) in [6, 6.07) is 8.37. The van der Waals surface area contributed by atoms with Crippen molar-refractivity contribution < 1.29 is 9.90 Å². The van der Waals surface area contributed by atoms with Gasteiger partial charge in [-0.15, -0.1) is 0 Å². The molecule has 1 atom stereocenters. The molecule has 1 aromatic carbocycles. The second-order valence-corrected chi connectivity index (χ2v) is 5.54. The Hall–Kier alpha value is -1.55. The average Bonchev–Trinajstić information content (AvgIpc) is 2.45. The fourth-order valence-corrected chi connectivity index (χ4v) is 2.61. The molecule has 1 N–H and O–H groups in total. The summed E-state index contributed by atoms with van der Waals surface area (Å²) in [6.07, 6.45) is 0.603. The van der Waals surface area contributed by atoms with Gasteiger partial charge < -0.3 is 14.9 Å². The molecule has 0 aliphatic carbocycles. The smallest absolute Gasteiger partial charge is 0.222 e. The van der Waals surface area contributed by atoms with Gasteiger partial charge in [0.2, 0.25) is 5.91 Å². The molecule has 0 radical (unpaired) electrons. The molecular formula is C16H24N2O2. The summed E-state index contributed by atoms with van der Waals surface area (Å²) in [4.78, 5) is 16.3. The van der Waals surface area contributed by atoms with Gasteiger partial charge in [-0.3, -0.25) is 4.79 Å². The maximum absolute atomic E-state index is 12.0. The Bertz CT molecular complexity index is 452. The number of piperazine rings is 1. The van der Waals surface area contributed by atoms with Gasteiger partial charge in [0, 0.05) is 38.3 Å². The zero-order chi connectivity index (χ0) is 14.5. The molecular weight excluding hydrogens is 252 g/mol. The molecule has 1 aliphatic heterocycles. The fraction of sp³-hybridized carbons (Fsp3) is 0.562. The third-order valence-corrected chi connectivity index (χ3v) is 3.86. The van der Waals surface area contributed by atoms with E-state index in [-0.39, 0.29) is 5.91 Å². The Kier molecular flexibility index (Phi) is 5.01. The normalized spacial score (nSPS) is 17.1. The van der Waals surface area contributed by atoms with E-state index in [1.807, 2.05) is 4.90 Å². The minimum atomic E-state index is -0.396. The number of anilines is 1. The number of aryl methyl sites for hydroxylation is 1. The van der Waals surface area contributed by atoms with Gasteiger partial charge >= 0.3 is 0 Å². The minimum absolute atomic E-state index is 0.162. The Morgan fingerprint density at radius 3 is 2.50 bits per heavy atom. The van der Waals surface area contributed by atoms with Crippen LogP contribution in [-0.2, 0) is 4.79 Å². The second kappa shape index (κ2) is 6.75. The third-order valence-electron chi connectivity index (χ3n) is 3.86. The van der Waals surface area contributed by atoms with Crippen LogP contribution in [-0.4, -0.2) is 48.2 Å². The number of carbonyl (C=O) groups is 1. The van der Waals surface area contributed by atoms with Crippen LogP contribution in [0.2, 0.25) is 0 Å². The number of amides is 1. The van der Waals surface area contributed by atoms with Gasteiger partial charge in [0.1, 0.15) is 0 Å². The number of benzene rings is 1. The highest BCUT2D eigenvalue weighted by Crippen LogP contribution is 2.21. The minimum Gasteiger partial charge on any atom is -0.393 e. The van der Waals surface area contributed by atoms with Crippen molar-refractivity contribution in [1.82, 2.24) is 4.90 Å². The maximum Gasteiger partial charge on any atom is 0.222 e. The highest BCUT2D eigenvalue weighted by Gasteiger charge is 2.21. The zero-order valence-electron chi connectivity index (χ0n) is 12.4. The first-order chi connectivity index (χ1) is 9.58. The van der Waals surface area contributed by atoms with Crippen molar-refractivity contribution in [1.29, 1.82) is 0 Å². The SMILES string of the molecule is Cc1ccccc1N1CCN(C(=O)CCC(C)O)CC1. The average molecular weight is 276 g/mol. The van der Waals surface area contributed by atoms with Crippen LogP contribution >= 0.6 is 0 Å². The van der Waals surface area contributed by atoms with Crippen molar-refractivity contribution in [3.05, 3.63) is 29.8 Å². The zero-order valence-corrected chi connectivity index (χ0v) is 12.4. The molecule has 1 unspecified atom stereocenters. The Balaban J connectivity index is 1.86. The Labute approximate surface area is 121 Å². The molecule has 1 amide bonds. The molecule has 1 fully saturated rings. The molecule has 4 nitrogen and oxygen atoms in total. The standard InChI is InChI=1S/C16H24N2O2/c1-13-5-3-4-6-15(13)17-9-11-18(12-10-17)16(20)8-7-14(2)19/h3-6,14,19H,7-12H2,1-2H3. The van der Waals surface area contributed by atoms with Gasteiger partial charge in [0.05, 0.1) is 6.10 Å². The lowest BCUT2D eigenvalue weighted by Crippen LogP contribution is -2.49. The van der Waals surface area contributed by atoms with E-state index in [1.54, 1.807) is 6.92 Å². The van der Waals surface area contributed by atoms with Crippen LogP contribution in [0.15, 0.2) is 24.3 Å². The first-order valence-corrected chi connectivity index (χ1v) is 7.34. The lowest BCUT2D eigenvalue weighted by Gasteiger charge is -2.37. The van der Waals surface area contributed by atoms with E-state index in [2.05, 4.69) is 36.1 Å². The van der Waals surface area contributed by atoms with Crippen molar-refractivity contribution in [2.24, 2.45) is 0 Å². The number of carbonyl (C=O) groups excluding carboxylic acids is 1. The lowest BCUT2D eigenvalue weighted by molar-refractivity contribution is -0.132. The lowest BCUT2D eigenvalue weighted by atomic mass is 10.1. The molecule has 1 heterocycles. The van der Waals surface area contributed by atoms with E-state index in [9.17, 15) is 9.90 Å². The number of hydrogen-bond donors (Lipinski definition) is 1. The van der Waals surface area contributed by atoms with Crippen molar-refractivity contribution in [3.63, 3.8) is 0 Å². The van der Waals surface area contributed by atoms with Gasteiger partial charge in [-0.1, -0.05) is 18.2 Å². The Morgan fingerprint density at radius 1 is 1.25 bits per heavy atom. The van der Waals surface area contributed by atoms with Gasteiger partial charge in [-0.25, -0.2) is 0 Å². The van der Waals surface area contributed by atoms with Gasteiger partial charge in [-0.2, -0.15) is 0 Å². The first kappa shape index (κ1) is 14.9. The van der Waals surface area contributed by atoms with Crippen LogP contribution in [0.3, 0.4) is 0 Å². The first-order valence-electron chi connectivity index (χ1n) is 7.34. The number of nitrogens with zero attached hydrogens (tertiary/aromatic N) is 2. The van der Waals surface area contributed by atoms with Gasteiger partial charge in [-0.05, 0) is 31.9 Å². The van der Waals surface area contributed by atoms with Gasteiger partial charge in [0.15, 0.2) is 0 Å². The number of hydrogen-bond acceptors (Lipinski definition) is 3. The van der Waals surface area contributed by atoms with E-state index in [0.29, 0.717) is 12.8 Å². The van der Waals surface area contributed by atoms with Crippen molar-refractivity contribution in [3.8, 4) is 0 Å². The van der Waals surface area contributed by atoms with Crippen molar-refractivity contribution in [2.75, 3.05) is 31.1 Å². The van der Waals surface area contributed by atoms with E-state index in [0.717, 1.165) is 26.2 Å². The summed E-state index contributed by atoms with van der Waals surface area (Å²) in [5.41, 5.74) is 2.55. The molecule has 1 aromatic rings. The molecule has 0 bridgehead atoms. The number of para-hydroxylation sites is 1. The van der Waals surface area contributed by atoms with Gasteiger partial charge in [0.25, 0.3) is 0 Å². The van der Waals surface area contributed by atoms with Crippen LogP contribution in [0.1, 0.15) is 25.3 Å². The summed E-state index contributed by atoms with van der Waals surface area (Å²) in [6.45, 7) is 7.15. The van der Waals surface area contributed by atoms with Crippen LogP contribution in [0, 0.1) is 6.92 Å². The monoisotopic (exact) mass is 276 g/mol. The van der Waals surface area contributed by atoms with E-state index in [4.69, 9.17) is 0 Å². The molecule has 1 saturated heterocycles. The Morgan fingerprint density at radius 2 is 1.90 bits per heavy atom. The summed E-state index contributed by atoms with van der Waals surface area (Å²) < 4.78 is 0. The van der Waals surface area contributed by atoms with E-state index < -0.39 is 6.10 Å². The quantitative estimate of drug-likeness (QED) is 0.912. The fourth-order valence-electron chi connectivity index (χ4n) is 2.61. The summed E-state index contributed by atoms with van der Waals surface area (Å²) >= 11 is 0. The molecule has 0 saturated carbocycles. The van der Waals surface area contributed by atoms with Crippen LogP contribution in [0.4, 0.5) is 5.69 Å². The molecule has 0 aromatic heterocycles. The number of aliphatic hydroxyl groups excluding tert-OH is 1. The predicted molar refractivity (Wildman–Crippen MR) is 80.9 cm³/mol. The number of aliphatic hydroxyl groups is 1. The molecule has 110 valence electrons. The topological polar surface area (TPSA) is 43.8 Å². The summed E-state index contributed by atoms with van der Waals surface area (Å²) in [5, 5.41) is 9.24. The molecule has 20 heavy (non-hydrogen) atoms.